The molecule has 0 unspecified atom stereocenters. The van der Waals surface area contributed by atoms with E-state index in [-0.39, 0.29) is 33.9 Å². The van der Waals surface area contributed by atoms with Crippen molar-refractivity contribution in [3.05, 3.63) is 65.2 Å². The minimum atomic E-state index is -3.59. The first kappa shape index (κ1) is 29.1. The van der Waals surface area contributed by atoms with Gasteiger partial charge in [0.25, 0.3) is 11.8 Å². The monoisotopic (exact) mass is 567 g/mol. The zero-order chi connectivity index (χ0) is 29.5. The highest BCUT2D eigenvalue weighted by atomic mass is 32.2. The zero-order valence-electron chi connectivity index (χ0n) is 24.0. The Bertz CT molecular complexity index is 1570. The van der Waals surface area contributed by atoms with Gasteiger partial charge in [0.15, 0.2) is 5.75 Å². The lowest BCUT2D eigenvalue weighted by molar-refractivity contribution is 0.0934. The van der Waals surface area contributed by atoms with Gasteiger partial charge in [0, 0.05) is 18.3 Å². The van der Waals surface area contributed by atoms with Crippen LogP contribution in [0.25, 0.3) is 5.69 Å². The minimum Gasteiger partial charge on any atom is -0.492 e. The molecule has 2 aromatic carbocycles. The van der Waals surface area contributed by atoms with E-state index in [0.29, 0.717) is 23.5 Å². The molecule has 0 radical (unpaired) electrons. The van der Waals surface area contributed by atoms with Crippen LogP contribution in [0.1, 0.15) is 72.5 Å². The Morgan fingerprint density at radius 3 is 2.38 bits per heavy atom. The molecule has 10 nitrogen and oxygen atoms in total. The first-order valence-electron chi connectivity index (χ1n) is 13.0. The van der Waals surface area contributed by atoms with E-state index in [1.165, 1.54) is 7.11 Å². The average molecular weight is 568 g/mol. The summed E-state index contributed by atoms with van der Waals surface area (Å²) in [5.74, 6) is -0.444. The van der Waals surface area contributed by atoms with Crippen LogP contribution in [-0.2, 0) is 15.4 Å². The Hall–Kier alpha value is -3.86. The molecule has 0 aliphatic heterocycles. The average Bonchev–Trinajstić information content (AvgIpc) is 3.41. The molecular formula is C29H37N5O5S. The van der Waals surface area contributed by atoms with Crippen molar-refractivity contribution in [1.82, 2.24) is 14.9 Å². The van der Waals surface area contributed by atoms with Crippen molar-refractivity contribution in [1.29, 1.82) is 0 Å². The lowest BCUT2D eigenvalue weighted by Crippen LogP contribution is -2.32. The van der Waals surface area contributed by atoms with Gasteiger partial charge in [0.2, 0.25) is 10.0 Å². The fraction of sp³-hybridized carbons (Fsp3) is 0.414. The summed E-state index contributed by atoms with van der Waals surface area (Å²) in [5, 5.41) is 5.80. The van der Waals surface area contributed by atoms with Crippen molar-refractivity contribution in [2.75, 3.05) is 29.9 Å². The van der Waals surface area contributed by atoms with Gasteiger partial charge in [-0.2, -0.15) is 0 Å². The van der Waals surface area contributed by atoms with Crippen molar-refractivity contribution in [3.63, 3.8) is 0 Å². The number of imidazole rings is 1. The van der Waals surface area contributed by atoms with Crippen LogP contribution in [0.15, 0.2) is 42.9 Å². The van der Waals surface area contributed by atoms with Gasteiger partial charge in [0.05, 0.1) is 30.4 Å². The first-order valence-corrected chi connectivity index (χ1v) is 14.9. The Balaban J connectivity index is 1.63. The first-order chi connectivity index (χ1) is 18.6. The summed E-state index contributed by atoms with van der Waals surface area (Å²) in [6.07, 6.45) is 6.18. The highest BCUT2D eigenvalue weighted by Gasteiger charge is 2.40. The summed E-state index contributed by atoms with van der Waals surface area (Å²) >= 11 is 0. The molecule has 3 aromatic rings. The number of hydrogen-bond donors (Lipinski definition) is 3. The van der Waals surface area contributed by atoms with Gasteiger partial charge in [-0.1, -0.05) is 33.8 Å². The van der Waals surface area contributed by atoms with Gasteiger partial charge in [-0.3, -0.25) is 14.3 Å². The van der Waals surface area contributed by atoms with Crippen molar-refractivity contribution < 1.29 is 22.7 Å². The molecule has 1 aliphatic carbocycles. The summed E-state index contributed by atoms with van der Waals surface area (Å²) in [4.78, 5) is 30.3. The maximum atomic E-state index is 13.4. The number of rotatable bonds is 9. The normalized spacial score (nSPS) is 14.4. The Morgan fingerprint density at radius 2 is 1.77 bits per heavy atom. The van der Waals surface area contributed by atoms with Gasteiger partial charge < -0.3 is 19.9 Å². The maximum absolute atomic E-state index is 13.4. The molecule has 2 amide bonds. The van der Waals surface area contributed by atoms with Crippen molar-refractivity contribution in [2.24, 2.45) is 5.41 Å². The SMILES string of the molecule is COc1c(NC(=O)c2ccc(C)c(-n3cnc(C(=O)NCC(C)(C)C)c3)c2)cc(C2(C)CC2)cc1NS(C)(=O)=O. The molecule has 1 heterocycles. The smallest absolute Gasteiger partial charge is 0.271 e. The van der Waals surface area contributed by atoms with Crippen LogP contribution in [0.3, 0.4) is 0 Å². The summed E-state index contributed by atoms with van der Waals surface area (Å²) in [5.41, 5.74) is 3.63. The van der Waals surface area contributed by atoms with Gasteiger partial charge in [-0.05, 0) is 66.0 Å². The molecule has 1 aliphatic rings. The van der Waals surface area contributed by atoms with Crippen LogP contribution < -0.4 is 20.1 Å². The number of sulfonamides is 1. The van der Waals surface area contributed by atoms with Crippen LogP contribution >= 0.6 is 0 Å². The molecule has 11 heteroatoms. The number of aryl methyl sites for hydroxylation is 1. The summed E-state index contributed by atoms with van der Waals surface area (Å²) < 4.78 is 33.8. The van der Waals surface area contributed by atoms with E-state index in [0.717, 1.165) is 30.2 Å². The largest absolute Gasteiger partial charge is 0.492 e. The lowest BCUT2D eigenvalue weighted by Gasteiger charge is -2.20. The standard InChI is InChI=1S/C29H37N5O5S/c1-18-8-9-19(12-24(18)34-15-23(31-17-34)27(36)30-16-28(2,3)4)26(35)32-21-13-20(29(5)10-11-29)14-22(25(21)39-6)33-40(7,37)38/h8-9,12-15,17,33H,10-11,16H2,1-7H3,(H,30,36)(H,32,35). The van der Waals surface area contributed by atoms with Crippen LogP contribution in [0, 0.1) is 12.3 Å². The minimum absolute atomic E-state index is 0.0588. The second-order valence-corrected chi connectivity index (χ2v) is 13.7. The van der Waals surface area contributed by atoms with Gasteiger partial charge in [0.1, 0.15) is 12.0 Å². The third kappa shape index (κ3) is 6.82. The number of aromatic nitrogens is 2. The van der Waals surface area contributed by atoms with Crippen molar-refractivity contribution in [3.8, 4) is 11.4 Å². The molecule has 1 saturated carbocycles. The van der Waals surface area contributed by atoms with Crippen molar-refractivity contribution in [2.45, 2.75) is 52.9 Å². The highest BCUT2D eigenvalue weighted by molar-refractivity contribution is 7.92. The quantitative estimate of drug-likeness (QED) is 0.345. The van der Waals surface area contributed by atoms with Crippen molar-refractivity contribution >= 4 is 33.2 Å². The number of ether oxygens (including phenoxy) is 1. The van der Waals surface area contributed by atoms with E-state index < -0.39 is 15.9 Å². The number of carbonyl (C=O) groups excluding carboxylic acids is 2. The van der Waals surface area contributed by atoms with Crippen LogP contribution in [0.4, 0.5) is 11.4 Å². The second-order valence-electron chi connectivity index (χ2n) is 11.9. The number of hydrogen-bond acceptors (Lipinski definition) is 6. The predicted molar refractivity (Wildman–Crippen MR) is 156 cm³/mol. The van der Waals surface area contributed by atoms with Gasteiger partial charge in [-0.15, -0.1) is 0 Å². The summed E-state index contributed by atoms with van der Waals surface area (Å²) in [6.45, 7) is 10.6. The van der Waals surface area contributed by atoms with E-state index in [1.807, 2.05) is 39.8 Å². The van der Waals surface area contributed by atoms with Crippen LogP contribution in [-0.4, -0.2) is 49.7 Å². The van der Waals surface area contributed by atoms with E-state index in [4.69, 9.17) is 4.74 Å². The molecule has 0 saturated heterocycles. The Labute approximate surface area is 235 Å². The van der Waals surface area contributed by atoms with E-state index >= 15 is 0 Å². The molecule has 3 N–H and O–H groups in total. The molecule has 4 rings (SSSR count). The topological polar surface area (TPSA) is 131 Å². The zero-order valence-corrected chi connectivity index (χ0v) is 24.8. The van der Waals surface area contributed by atoms with E-state index in [1.54, 1.807) is 35.3 Å². The summed E-state index contributed by atoms with van der Waals surface area (Å²) in [6, 6.07) is 8.85. The number of benzene rings is 2. The number of nitrogens with zero attached hydrogens (tertiary/aromatic N) is 2. The molecule has 0 atom stereocenters. The lowest BCUT2D eigenvalue weighted by atomic mass is 9.96. The second kappa shape index (κ2) is 10.6. The third-order valence-corrected chi connectivity index (χ3v) is 7.47. The molecule has 1 aromatic heterocycles. The number of anilines is 2. The van der Waals surface area contributed by atoms with Crippen LogP contribution in [0.2, 0.25) is 0 Å². The molecule has 40 heavy (non-hydrogen) atoms. The van der Waals surface area contributed by atoms with Crippen LogP contribution in [0.5, 0.6) is 5.75 Å². The van der Waals surface area contributed by atoms with Gasteiger partial charge in [-0.25, -0.2) is 13.4 Å². The molecule has 214 valence electrons. The molecule has 0 spiro atoms. The fourth-order valence-electron chi connectivity index (χ4n) is 4.27. The Morgan fingerprint density at radius 1 is 1.10 bits per heavy atom. The third-order valence-electron chi connectivity index (χ3n) is 6.88. The molecule has 0 bridgehead atoms. The number of amides is 2. The van der Waals surface area contributed by atoms with Gasteiger partial charge >= 0.3 is 0 Å². The number of nitrogens with one attached hydrogen (secondary N) is 3. The molecular weight excluding hydrogens is 530 g/mol. The highest BCUT2D eigenvalue weighted by Crippen LogP contribution is 2.50. The molecule has 1 fully saturated rings. The summed E-state index contributed by atoms with van der Waals surface area (Å²) in [7, 11) is -2.16. The predicted octanol–water partition coefficient (Wildman–Crippen LogP) is 4.64. The maximum Gasteiger partial charge on any atom is 0.271 e. The number of carbonyl (C=O) groups is 2. The Kier molecular flexibility index (Phi) is 7.72. The van der Waals surface area contributed by atoms with E-state index in [9.17, 15) is 18.0 Å². The number of methoxy groups -OCH3 is 1. The van der Waals surface area contributed by atoms with E-state index in [2.05, 4.69) is 27.3 Å². The fourth-order valence-corrected chi connectivity index (χ4v) is 4.82.